The smallest absolute Gasteiger partial charge is 0.337 e. The summed E-state index contributed by atoms with van der Waals surface area (Å²) in [5, 5.41) is 2.88. The number of carbonyl (C=O) groups is 3. The Morgan fingerprint density at radius 2 is 1.63 bits per heavy atom. The number of ether oxygens (including phenoxy) is 1. The molecule has 8 nitrogen and oxygen atoms in total. The van der Waals surface area contributed by atoms with Crippen molar-refractivity contribution in [2.24, 2.45) is 4.99 Å². The highest BCUT2D eigenvalue weighted by atomic mass is 79.9. The molecule has 1 aliphatic rings. The van der Waals surface area contributed by atoms with Gasteiger partial charge in [0, 0.05) is 21.7 Å². The summed E-state index contributed by atoms with van der Waals surface area (Å²) >= 11 is 7.20. The quantitative estimate of drug-likeness (QED) is 0.276. The number of amides is 2. The van der Waals surface area contributed by atoms with Crippen molar-refractivity contribution in [2.75, 3.05) is 45.0 Å². The Morgan fingerprint density at radius 1 is 0.974 bits per heavy atom. The van der Waals surface area contributed by atoms with Crippen molar-refractivity contribution in [1.82, 2.24) is 4.90 Å². The van der Waals surface area contributed by atoms with Gasteiger partial charge in [-0.1, -0.05) is 36.4 Å². The van der Waals surface area contributed by atoms with E-state index in [0.29, 0.717) is 42.8 Å². The number of nitrogens with zero attached hydrogens (tertiary/aromatic N) is 3. The van der Waals surface area contributed by atoms with Crippen molar-refractivity contribution in [3.05, 3.63) is 86.3 Å². The molecule has 1 unspecified atom stereocenters. The van der Waals surface area contributed by atoms with Crippen LogP contribution in [0.2, 0.25) is 0 Å². The molecule has 196 valence electrons. The van der Waals surface area contributed by atoms with E-state index >= 15 is 0 Å². The zero-order chi connectivity index (χ0) is 27.6. The van der Waals surface area contributed by atoms with E-state index in [0.717, 1.165) is 5.56 Å². The average Bonchev–Trinajstić information content (AvgIpc) is 3.21. The second kappa shape index (κ2) is 11.6. The minimum absolute atomic E-state index is 0.0665. The van der Waals surface area contributed by atoms with Crippen LogP contribution in [0.1, 0.15) is 27.4 Å². The highest BCUT2D eigenvalue weighted by Crippen LogP contribution is 2.40. The van der Waals surface area contributed by atoms with E-state index in [1.54, 1.807) is 30.1 Å². The van der Waals surface area contributed by atoms with Gasteiger partial charge >= 0.3 is 5.97 Å². The number of esters is 1. The van der Waals surface area contributed by atoms with Gasteiger partial charge in [0.15, 0.2) is 0 Å². The minimum Gasteiger partial charge on any atom is -0.465 e. The molecule has 0 aromatic heterocycles. The number of hydrogen-bond acceptors (Lipinski definition) is 6. The fraction of sp³-hybridized carbons (Fsp3) is 0.214. The molecule has 1 heterocycles. The maximum Gasteiger partial charge on any atom is 0.337 e. The van der Waals surface area contributed by atoms with Gasteiger partial charge in [-0.15, -0.1) is 0 Å². The molecule has 0 saturated carbocycles. The first kappa shape index (κ1) is 27.7. The molecule has 1 aliphatic heterocycles. The van der Waals surface area contributed by atoms with Crippen LogP contribution in [0.15, 0.2) is 74.6 Å². The van der Waals surface area contributed by atoms with E-state index in [1.165, 1.54) is 7.11 Å². The first-order valence-corrected chi connectivity index (χ1v) is 13.3. The van der Waals surface area contributed by atoms with Gasteiger partial charge in [-0.3, -0.25) is 14.6 Å². The van der Waals surface area contributed by atoms with E-state index in [9.17, 15) is 14.4 Å². The normalized spacial score (nSPS) is 14.8. The number of fused-ring (bicyclic) bond motifs is 1. The van der Waals surface area contributed by atoms with Crippen LogP contribution >= 0.6 is 31.9 Å². The lowest BCUT2D eigenvalue weighted by atomic mass is 9.90. The maximum atomic E-state index is 13.3. The highest BCUT2D eigenvalue weighted by Gasteiger charge is 2.36. The lowest BCUT2D eigenvalue weighted by Crippen LogP contribution is -2.35. The van der Waals surface area contributed by atoms with Gasteiger partial charge in [0.25, 0.3) is 0 Å². The Balaban J connectivity index is 1.79. The molecule has 1 N–H and O–H groups in total. The van der Waals surface area contributed by atoms with Crippen molar-refractivity contribution >= 4 is 72.4 Å². The molecular formula is C28H26Br2N4O4. The van der Waals surface area contributed by atoms with E-state index in [1.807, 2.05) is 61.5 Å². The third-order valence-corrected chi connectivity index (χ3v) is 7.27. The number of carbonyl (C=O) groups excluding carboxylic acids is 3. The number of halogens is 2. The largest absolute Gasteiger partial charge is 0.465 e. The predicted octanol–water partition coefficient (Wildman–Crippen LogP) is 5.38. The van der Waals surface area contributed by atoms with Crippen molar-refractivity contribution in [3.63, 3.8) is 0 Å². The molecule has 0 spiro atoms. The van der Waals surface area contributed by atoms with Gasteiger partial charge in [-0.25, -0.2) is 4.79 Å². The van der Waals surface area contributed by atoms with Crippen molar-refractivity contribution in [1.29, 1.82) is 0 Å². The van der Waals surface area contributed by atoms with Crippen LogP contribution in [-0.2, 0) is 14.3 Å². The Morgan fingerprint density at radius 3 is 2.24 bits per heavy atom. The van der Waals surface area contributed by atoms with Gasteiger partial charge in [0.05, 0.1) is 36.3 Å². The third-order valence-electron chi connectivity index (χ3n) is 6.06. The molecule has 0 saturated heterocycles. The molecule has 4 rings (SSSR count). The van der Waals surface area contributed by atoms with Crippen LogP contribution in [0, 0.1) is 0 Å². The SMILES string of the molecule is COC(=O)c1ccc2c(c1)NC(=O)C2C(=Nc1cc(Br)c(N(C)C(=O)CN(C)C)c(Br)c1)c1ccccc1. The zero-order valence-corrected chi connectivity index (χ0v) is 24.5. The second-order valence-electron chi connectivity index (χ2n) is 9.03. The first-order valence-electron chi connectivity index (χ1n) is 11.7. The molecule has 2 amide bonds. The average molecular weight is 642 g/mol. The fourth-order valence-corrected chi connectivity index (χ4v) is 5.96. The lowest BCUT2D eigenvalue weighted by molar-refractivity contribution is -0.119. The Hall–Kier alpha value is -3.34. The summed E-state index contributed by atoms with van der Waals surface area (Å²) in [4.78, 5) is 46.3. The summed E-state index contributed by atoms with van der Waals surface area (Å²) in [6.07, 6.45) is 0. The van der Waals surface area contributed by atoms with E-state index in [-0.39, 0.29) is 18.4 Å². The highest BCUT2D eigenvalue weighted by molar-refractivity contribution is 9.11. The summed E-state index contributed by atoms with van der Waals surface area (Å²) in [6.45, 7) is 0.265. The second-order valence-corrected chi connectivity index (χ2v) is 10.7. The summed E-state index contributed by atoms with van der Waals surface area (Å²) in [7, 11) is 6.71. The number of rotatable bonds is 7. The van der Waals surface area contributed by atoms with Crippen molar-refractivity contribution in [2.45, 2.75) is 5.92 Å². The van der Waals surface area contributed by atoms with Gasteiger partial charge in [-0.2, -0.15) is 0 Å². The van der Waals surface area contributed by atoms with E-state index in [4.69, 9.17) is 9.73 Å². The van der Waals surface area contributed by atoms with Crippen LogP contribution in [-0.4, -0.2) is 63.2 Å². The van der Waals surface area contributed by atoms with Crippen molar-refractivity contribution in [3.8, 4) is 0 Å². The molecule has 0 radical (unpaired) electrons. The summed E-state index contributed by atoms with van der Waals surface area (Å²) in [5.41, 5.74) is 4.22. The Labute approximate surface area is 237 Å². The molecule has 3 aromatic rings. The topological polar surface area (TPSA) is 91.3 Å². The minimum atomic E-state index is -0.694. The third kappa shape index (κ3) is 5.72. The van der Waals surface area contributed by atoms with Crippen LogP contribution < -0.4 is 10.2 Å². The molecule has 38 heavy (non-hydrogen) atoms. The number of hydrogen-bond donors (Lipinski definition) is 1. The summed E-state index contributed by atoms with van der Waals surface area (Å²) in [5.74, 6) is -1.48. The van der Waals surface area contributed by atoms with Crippen LogP contribution in [0.3, 0.4) is 0 Å². The van der Waals surface area contributed by atoms with E-state index in [2.05, 4.69) is 37.2 Å². The lowest BCUT2D eigenvalue weighted by Gasteiger charge is -2.22. The Bertz CT molecular complexity index is 1420. The summed E-state index contributed by atoms with van der Waals surface area (Å²) in [6, 6.07) is 18.1. The molecule has 10 heteroatoms. The monoisotopic (exact) mass is 640 g/mol. The Kier molecular flexibility index (Phi) is 8.44. The van der Waals surface area contributed by atoms with Crippen LogP contribution in [0.5, 0.6) is 0 Å². The standard InChI is InChI=1S/C28H26Br2N4O4/c1-33(2)15-23(35)34(3)26-20(29)13-18(14-21(26)30)31-25(16-8-6-5-7-9-16)24-19-11-10-17(28(37)38-4)12-22(19)32-27(24)36/h5-14,24H,15H2,1-4H3,(H,32,36). The van der Waals surface area contributed by atoms with Crippen LogP contribution in [0.4, 0.5) is 17.1 Å². The number of benzene rings is 3. The first-order chi connectivity index (χ1) is 18.1. The number of nitrogens with one attached hydrogen (secondary N) is 1. The van der Waals surface area contributed by atoms with Gasteiger partial charge in [0.1, 0.15) is 5.92 Å². The number of methoxy groups -OCH3 is 1. The van der Waals surface area contributed by atoms with Crippen LogP contribution in [0.25, 0.3) is 0 Å². The molecule has 0 fully saturated rings. The number of anilines is 2. The van der Waals surface area contributed by atoms with Gasteiger partial charge < -0.3 is 19.9 Å². The molecule has 0 aliphatic carbocycles. The fourth-order valence-electron chi connectivity index (χ4n) is 4.26. The number of likely N-dealkylation sites (N-methyl/N-ethyl adjacent to an activating group) is 2. The number of aliphatic imine (C=N–C) groups is 1. The van der Waals surface area contributed by atoms with E-state index < -0.39 is 11.9 Å². The zero-order valence-electron chi connectivity index (χ0n) is 21.3. The molecule has 1 atom stereocenters. The molecular weight excluding hydrogens is 616 g/mol. The maximum absolute atomic E-state index is 13.3. The van der Waals surface area contributed by atoms with Crippen molar-refractivity contribution < 1.29 is 19.1 Å². The van der Waals surface area contributed by atoms with Gasteiger partial charge in [0.2, 0.25) is 11.8 Å². The predicted molar refractivity (Wildman–Crippen MR) is 156 cm³/mol. The summed E-state index contributed by atoms with van der Waals surface area (Å²) < 4.78 is 6.16. The van der Waals surface area contributed by atoms with Gasteiger partial charge in [-0.05, 0) is 81.3 Å². The molecule has 0 bridgehead atoms. The molecule has 3 aromatic carbocycles.